The lowest BCUT2D eigenvalue weighted by atomic mass is 9.99. The Morgan fingerprint density at radius 2 is 2.16 bits per heavy atom. The van der Waals surface area contributed by atoms with Gasteiger partial charge in [0.25, 0.3) is 0 Å². The second kappa shape index (κ2) is 8.57. The van der Waals surface area contributed by atoms with E-state index >= 15 is 0 Å². The molecule has 0 aliphatic heterocycles. The molecular weight excluding hydrogens is 346 g/mol. The Kier molecular flexibility index (Phi) is 6.46. The number of tetrazole rings is 1. The minimum Gasteiger partial charge on any atom is -0.467 e. The number of amides is 1. The monoisotopic (exact) mass is 365 g/mol. The lowest BCUT2D eigenvalue weighted by molar-refractivity contribution is -0.146. The third-order valence-corrected chi connectivity index (χ3v) is 4.04. The molecule has 2 unspecified atom stereocenters. The number of halogens is 1. The molecule has 2 rings (SSSR count). The van der Waals surface area contributed by atoms with Crippen molar-refractivity contribution in [1.29, 1.82) is 0 Å². The molecule has 0 aliphatic rings. The van der Waals surface area contributed by atoms with Gasteiger partial charge in [-0.2, -0.15) is 4.80 Å². The normalized spacial score (nSPS) is 13.1. The Hall–Kier alpha value is -2.48. The van der Waals surface area contributed by atoms with Crippen molar-refractivity contribution in [2.75, 3.05) is 7.11 Å². The van der Waals surface area contributed by atoms with Crippen LogP contribution in [-0.2, 0) is 20.9 Å². The van der Waals surface area contributed by atoms with Crippen LogP contribution in [0.15, 0.2) is 24.3 Å². The first-order valence-corrected chi connectivity index (χ1v) is 8.23. The van der Waals surface area contributed by atoms with Crippen molar-refractivity contribution in [3.8, 4) is 11.4 Å². The van der Waals surface area contributed by atoms with E-state index in [0.29, 0.717) is 16.4 Å². The van der Waals surface area contributed by atoms with Gasteiger partial charge < -0.3 is 10.1 Å². The molecule has 1 aromatic heterocycles. The van der Waals surface area contributed by atoms with E-state index in [0.717, 1.165) is 11.2 Å². The molecule has 0 radical (unpaired) electrons. The van der Waals surface area contributed by atoms with Gasteiger partial charge in [-0.05, 0) is 23.3 Å². The number of carbonyl (C=O) groups excluding carboxylic acids is 2. The van der Waals surface area contributed by atoms with Gasteiger partial charge in [-0.15, -0.1) is 10.2 Å². The molecule has 2 atom stereocenters. The predicted molar refractivity (Wildman–Crippen MR) is 91.7 cm³/mol. The largest absolute Gasteiger partial charge is 0.467 e. The highest BCUT2D eigenvalue weighted by Gasteiger charge is 2.26. The van der Waals surface area contributed by atoms with Gasteiger partial charge >= 0.3 is 5.97 Å². The van der Waals surface area contributed by atoms with E-state index in [2.05, 4.69) is 20.7 Å². The Morgan fingerprint density at radius 3 is 2.80 bits per heavy atom. The zero-order valence-corrected chi connectivity index (χ0v) is 15.0. The Labute approximate surface area is 150 Å². The smallest absolute Gasteiger partial charge is 0.328 e. The molecule has 1 amide bonds. The maximum Gasteiger partial charge on any atom is 0.328 e. The number of ether oxygens (including phenoxy) is 1. The van der Waals surface area contributed by atoms with Gasteiger partial charge in [-0.25, -0.2) is 4.79 Å². The summed E-state index contributed by atoms with van der Waals surface area (Å²) in [6, 6.07) is 6.31. The number of benzene rings is 1. The van der Waals surface area contributed by atoms with Gasteiger partial charge in [0.2, 0.25) is 11.7 Å². The summed E-state index contributed by atoms with van der Waals surface area (Å²) in [5.41, 5.74) is 0.700. The van der Waals surface area contributed by atoms with Crippen LogP contribution in [0.25, 0.3) is 11.4 Å². The standard InChI is InChI=1S/C16H20ClN5O3/c1-4-10(2)14(16(24)25-3)18-13(23)9-22-20-15(19-21-22)11-6-5-7-12(17)8-11/h5-8,10,14H,4,9H2,1-3H3,(H,18,23). The molecular formula is C16H20ClN5O3. The van der Waals surface area contributed by atoms with Crippen LogP contribution in [0.2, 0.25) is 5.02 Å². The second-order valence-electron chi connectivity index (χ2n) is 5.61. The van der Waals surface area contributed by atoms with E-state index < -0.39 is 17.9 Å². The quantitative estimate of drug-likeness (QED) is 0.750. The maximum atomic E-state index is 12.2. The molecule has 0 bridgehead atoms. The van der Waals surface area contributed by atoms with Crippen LogP contribution in [0.3, 0.4) is 0 Å². The summed E-state index contributed by atoms with van der Waals surface area (Å²) in [4.78, 5) is 25.2. The van der Waals surface area contributed by atoms with Gasteiger partial charge in [0, 0.05) is 10.6 Å². The first-order valence-electron chi connectivity index (χ1n) is 7.85. The molecule has 25 heavy (non-hydrogen) atoms. The van der Waals surface area contributed by atoms with Gasteiger partial charge in [-0.1, -0.05) is 44.0 Å². The number of carbonyl (C=O) groups is 2. The SMILES string of the molecule is CCC(C)C(NC(=O)Cn1nnc(-c2cccc(Cl)c2)n1)C(=O)OC. The van der Waals surface area contributed by atoms with E-state index in [-0.39, 0.29) is 12.5 Å². The van der Waals surface area contributed by atoms with Gasteiger partial charge in [0.05, 0.1) is 7.11 Å². The Morgan fingerprint density at radius 1 is 1.40 bits per heavy atom. The van der Waals surface area contributed by atoms with Crippen LogP contribution in [-0.4, -0.2) is 45.2 Å². The highest BCUT2D eigenvalue weighted by atomic mass is 35.5. The first kappa shape index (κ1) is 18.9. The predicted octanol–water partition coefficient (Wildman–Crippen LogP) is 1.70. The number of hydrogen-bond acceptors (Lipinski definition) is 6. The van der Waals surface area contributed by atoms with Crippen molar-refractivity contribution in [1.82, 2.24) is 25.5 Å². The fourth-order valence-corrected chi connectivity index (χ4v) is 2.39. The molecule has 9 heteroatoms. The summed E-state index contributed by atoms with van der Waals surface area (Å²) in [7, 11) is 1.29. The number of aromatic nitrogens is 4. The van der Waals surface area contributed by atoms with Crippen LogP contribution < -0.4 is 5.32 Å². The van der Waals surface area contributed by atoms with Crippen molar-refractivity contribution in [3.63, 3.8) is 0 Å². The lowest BCUT2D eigenvalue weighted by Gasteiger charge is -2.21. The number of nitrogens with zero attached hydrogens (tertiary/aromatic N) is 4. The van der Waals surface area contributed by atoms with Crippen LogP contribution in [0.4, 0.5) is 0 Å². The average Bonchev–Trinajstić information content (AvgIpc) is 3.06. The van der Waals surface area contributed by atoms with E-state index in [1.54, 1.807) is 24.3 Å². The molecule has 0 aliphatic carbocycles. The van der Waals surface area contributed by atoms with E-state index in [1.807, 2.05) is 13.8 Å². The minimum absolute atomic E-state index is 0.0536. The van der Waals surface area contributed by atoms with Crippen molar-refractivity contribution >= 4 is 23.5 Å². The summed E-state index contributed by atoms with van der Waals surface area (Å²) in [6.45, 7) is 3.65. The summed E-state index contributed by atoms with van der Waals surface area (Å²) in [5, 5.41) is 15.1. The number of hydrogen-bond donors (Lipinski definition) is 1. The van der Waals surface area contributed by atoms with Crippen molar-refractivity contribution in [2.24, 2.45) is 5.92 Å². The number of nitrogens with one attached hydrogen (secondary N) is 1. The highest BCUT2D eigenvalue weighted by Crippen LogP contribution is 2.18. The molecule has 0 saturated heterocycles. The van der Waals surface area contributed by atoms with Crippen LogP contribution in [0.5, 0.6) is 0 Å². The summed E-state index contributed by atoms with van der Waals surface area (Å²) < 4.78 is 4.74. The first-order chi connectivity index (χ1) is 11.9. The van der Waals surface area contributed by atoms with Crippen LogP contribution in [0, 0.1) is 5.92 Å². The molecule has 1 N–H and O–H groups in total. The highest BCUT2D eigenvalue weighted by molar-refractivity contribution is 6.30. The molecule has 0 saturated carbocycles. The zero-order chi connectivity index (χ0) is 18.4. The lowest BCUT2D eigenvalue weighted by Crippen LogP contribution is -2.46. The second-order valence-corrected chi connectivity index (χ2v) is 6.04. The third kappa shape index (κ3) is 4.99. The fraction of sp³-hybridized carbons (Fsp3) is 0.438. The molecule has 8 nitrogen and oxygen atoms in total. The van der Waals surface area contributed by atoms with Gasteiger partial charge in [0.15, 0.2) is 0 Å². The van der Waals surface area contributed by atoms with E-state index in [4.69, 9.17) is 16.3 Å². The maximum absolute atomic E-state index is 12.2. The van der Waals surface area contributed by atoms with Crippen LogP contribution in [0.1, 0.15) is 20.3 Å². The Bertz CT molecular complexity index is 749. The van der Waals surface area contributed by atoms with Gasteiger partial charge in [0.1, 0.15) is 12.6 Å². The van der Waals surface area contributed by atoms with Crippen LogP contribution >= 0.6 is 11.6 Å². The summed E-state index contributed by atoms with van der Waals surface area (Å²) >= 11 is 5.94. The third-order valence-electron chi connectivity index (χ3n) is 3.81. The molecule has 0 fully saturated rings. The topological polar surface area (TPSA) is 99.0 Å². The number of rotatable bonds is 7. The molecule has 0 spiro atoms. The van der Waals surface area contributed by atoms with Crippen molar-refractivity contribution < 1.29 is 14.3 Å². The Balaban J connectivity index is 2.04. The molecule has 2 aromatic rings. The average molecular weight is 366 g/mol. The molecule has 134 valence electrons. The molecule has 1 heterocycles. The number of esters is 1. The van der Waals surface area contributed by atoms with E-state index in [1.165, 1.54) is 7.11 Å². The van der Waals surface area contributed by atoms with Gasteiger partial charge in [-0.3, -0.25) is 4.79 Å². The van der Waals surface area contributed by atoms with Crippen molar-refractivity contribution in [3.05, 3.63) is 29.3 Å². The molecule has 1 aromatic carbocycles. The summed E-state index contributed by atoms with van der Waals surface area (Å²) in [6.07, 6.45) is 0.723. The summed E-state index contributed by atoms with van der Waals surface area (Å²) in [5.74, 6) is -0.566. The zero-order valence-electron chi connectivity index (χ0n) is 14.3. The minimum atomic E-state index is -0.710. The fourth-order valence-electron chi connectivity index (χ4n) is 2.20. The number of methoxy groups -OCH3 is 1. The van der Waals surface area contributed by atoms with Crippen molar-refractivity contribution in [2.45, 2.75) is 32.9 Å². The van der Waals surface area contributed by atoms with E-state index in [9.17, 15) is 9.59 Å².